The first-order valence-corrected chi connectivity index (χ1v) is 12.7. The van der Waals surface area contributed by atoms with Gasteiger partial charge in [-0.15, -0.1) is 13.2 Å². The number of halogens is 5. The van der Waals surface area contributed by atoms with Crippen molar-refractivity contribution >= 4 is 0 Å². The molecule has 2 nitrogen and oxygen atoms in total. The molecule has 2 aliphatic carbocycles. The van der Waals surface area contributed by atoms with Gasteiger partial charge in [0.05, 0.1) is 5.56 Å². The van der Waals surface area contributed by atoms with Crippen molar-refractivity contribution in [1.82, 2.24) is 0 Å². The average Bonchev–Trinajstić information content (AvgIpc) is 2.84. The third-order valence-electron chi connectivity index (χ3n) is 7.93. The summed E-state index contributed by atoms with van der Waals surface area (Å²) >= 11 is 0. The van der Waals surface area contributed by atoms with Crippen LogP contribution in [0.3, 0.4) is 0 Å². The van der Waals surface area contributed by atoms with Crippen LogP contribution in [0.15, 0.2) is 48.5 Å². The molecule has 0 unspecified atom stereocenters. The van der Waals surface area contributed by atoms with Crippen LogP contribution in [-0.2, 0) is 6.11 Å². The van der Waals surface area contributed by atoms with Crippen LogP contribution in [0.2, 0.25) is 0 Å². The third-order valence-corrected chi connectivity index (χ3v) is 7.93. The van der Waals surface area contributed by atoms with Crippen molar-refractivity contribution in [1.29, 1.82) is 0 Å². The summed E-state index contributed by atoms with van der Waals surface area (Å²) in [6.45, 7) is 2.29. The maximum absolute atomic E-state index is 14.7. The third kappa shape index (κ3) is 6.89. The Balaban J connectivity index is 1.30. The second-order valence-electron chi connectivity index (χ2n) is 10.1. The quantitative estimate of drug-likeness (QED) is 0.356. The topological polar surface area (TPSA) is 18.5 Å². The lowest BCUT2D eigenvalue weighted by atomic mass is 9.68. The number of hydrogen-bond acceptors (Lipinski definition) is 2. The fraction of sp³-hybridized carbons (Fsp3) is 0.571. The van der Waals surface area contributed by atoms with Gasteiger partial charge in [-0.25, -0.2) is 0 Å². The Kier molecular flexibility index (Phi) is 7.92. The minimum atomic E-state index is -4.85. The van der Waals surface area contributed by atoms with E-state index in [1.165, 1.54) is 57.1 Å². The van der Waals surface area contributed by atoms with Crippen LogP contribution in [0.1, 0.15) is 81.8 Å². The van der Waals surface area contributed by atoms with Gasteiger partial charge in [-0.05, 0) is 104 Å². The number of ether oxygens (including phenoxy) is 2. The van der Waals surface area contributed by atoms with E-state index in [9.17, 15) is 22.0 Å². The van der Waals surface area contributed by atoms with Gasteiger partial charge in [0.2, 0.25) is 0 Å². The molecule has 2 saturated carbocycles. The summed E-state index contributed by atoms with van der Waals surface area (Å²) in [6.07, 6.45) is 2.89. The monoisotopic (exact) mass is 496 g/mol. The standard InChI is InChI=1S/C28H33F5O2/c1-2-19-3-5-20(6-4-19)21-7-9-22(10-8-21)23-11-13-24(14-12-23)27(29,30)34-25-15-17-26(18-16-25)35-28(31,32)33/h11-22H,2-10H2,1H3/t19-,20-,21-,22-. The number of alkyl halides is 5. The molecule has 0 atom stereocenters. The first-order chi connectivity index (χ1) is 16.6. The first kappa shape index (κ1) is 25.8. The molecule has 0 aromatic heterocycles. The summed E-state index contributed by atoms with van der Waals surface area (Å²) in [5.74, 6) is 2.20. The van der Waals surface area contributed by atoms with Crippen molar-refractivity contribution in [2.24, 2.45) is 17.8 Å². The predicted octanol–water partition coefficient (Wildman–Crippen LogP) is 9.20. The van der Waals surface area contributed by atoms with Gasteiger partial charge in [-0.3, -0.25) is 0 Å². The molecule has 2 aliphatic rings. The van der Waals surface area contributed by atoms with Crippen molar-refractivity contribution < 1.29 is 31.4 Å². The summed E-state index contributed by atoms with van der Waals surface area (Å²) in [4.78, 5) is 0. The number of benzene rings is 2. The summed E-state index contributed by atoms with van der Waals surface area (Å²) < 4.78 is 74.6. The van der Waals surface area contributed by atoms with Gasteiger partial charge in [-0.2, -0.15) is 8.78 Å². The normalized spacial score (nSPS) is 25.8. The van der Waals surface area contributed by atoms with Crippen LogP contribution in [0, 0.1) is 17.8 Å². The molecule has 0 bridgehead atoms. The number of rotatable bonds is 7. The van der Waals surface area contributed by atoms with Crippen molar-refractivity contribution in [3.05, 3.63) is 59.7 Å². The zero-order valence-electron chi connectivity index (χ0n) is 20.0. The molecule has 0 aliphatic heterocycles. The largest absolute Gasteiger partial charge is 0.573 e. The summed E-state index contributed by atoms with van der Waals surface area (Å²) in [5.41, 5.74) is 0.782. The first-order valence-electron chi connectivity index (χ1n) is 12.7. The second-order valence-corrected chi connectivity index (χ2v) is 10.1. The smallest absolute Gasteiger partial charge is 0.429 e. The molecule has 2 aromatic rings. The van der Waals surface area contributed by atoms with Crippen molar-refractivity contribution in [2.75, 3.05) is 0 Å². The minimum Gasteiger partial charge on any atom is -0.429 e. The Morgan fingerprint density at radius 2 is 1.14 bits per heavy atom. The van der Waals surface area contributed by atoms with Crippen LogP contribution in [0.4, 0.5) is 22.0 Å². The Hall–Kier alpha value is -2.31. The van der Waals surface area contributed by atoms with Gasteiger partial charge in [0.15, 0.2) is 0 Å². The molecule has 0 amide bonds. The lowest BCUT2D eigenvalue weighted by Gasteiger charge is -2.38. The molecule has 0 saturated heterocycles. The highest BCUT2D eigenvalue weighted by Gasteiger charge is 2.36. The molecule has 4 rings (SSSR count). The Morgan fingerprint density at radius 1 is 0.657 bits per heavy atom. The SMILES string of the molecule is CC[C@H]1CC[C@H]([C@H]2CC[C@H](c3ccc(C(F)(F)Oc4ccc(OC(F)(F)F)cc4)cc3)CC2)CC1. The molecule has 0 heterocycles. The molecule has 2 aromatic carbocycles. The van der Waals surface area contributed by atoms with E-state index in [2.05, 4.69) is 11.7 Å². The van der Waals surface area contributed by atoms with Crippen molar-refractivity contribution in [3.8, 4) is 11.5 Å². The van der Waals surface area contributed by atoms with Gasteiger partial charge >= 0.3 is 12.5 Å². The average molecular weight is 497 g/mol. The molecule has 0 radical (unpaired) electrons. The zero-order chi connectivity index (χ0) is 25.1. The lowest BCUT2D eigenvalue weighted by Crippen LogP contribution is -2.25. The number of hydrogen-bond donors (Lipinski definition) is 0. The Labute approximate surface area is 203 Å². The highest BCUT2D eigenvalue weighted by atomic mass is 19.4. The minimum absolute atomic E-state index is 0.250. The van der Waals surface area contributed by atoms with Crippen LogP contribution in [0.25, 0.3) is 0 Å². The van der Waals surface area contributed by atoms with E-state index in [0.717, 1.165) is 60.4 Å². The highest BCUT2D eigenvalue weighted by molar-refractivity contribution is 5.33. The molecule has 2 fully saturated rings. The summed E-state index contributed by atoms with van der Waals surface area (Å²) in [5, 5.41) is 0. The molecule has 192 valence electrons. The molecule has 35 heavy (non-hydrogen) atoms. The maximum atomic E-state index is 14.7. The Morgan fingerprint density at radius 3 is 1.63 bits per heavy atom. The van der Waals surface area contributed by atoms with E-state index in [1.54, 1.807) is 12.1 Å². The van der Waals surface area contributed by atoms with Gasteiger partial charge in [0.1, 0.15) is 11.5 Å². The van der Waals surface area contributed by atoms with E-state index >= 15 is 0 Å². The van der Waals surface area contributed by atoms with Crippen LogP contribution < -0.4 is 9.47 Å². The van der Waals surface area contributed by atoms with Crippen LogP contribution in [-0.4, -0.2) is 6.36 Å². The van der Waals surface area contributed by atoms with E-state index < -0.39 is 18.2 Å². The fourth-order valence-corrected chi connectivity index (χ4v) is 5.86. The molecular weight excluding hydrogens is 463 g/mol. The molecule has 0 N–H and O–H groups in total. The second kappa shape index (κ2) is 10.8. The summed E-state index contributed by atoms with van der Waals surface area (Å²) in [6, 6.07) is 10.2. The molecule has 0 spiro atoms. The predicted molar refractivity (Wildman–Crippen MR) is 125 cm³/mol. The maximum Gasteiger partial charge on any atom is 0.573 e. The van der Waals surface area contributed by atoms with E-state index in [4.69, 9.17) is 4.74 Å². The van der Waals surface area contributed by atoms with Gasteiger partial charge < -0.3 is 9.47 Å². The van der Waals surface area contributed by atoms with Gasteiger partial charge in [0.25, 0.3) is 0 Å². The van der Waals surface area contributed by atoms with E-state index in [-0.39, 0.29) is 11.3 Å². The van der Waals surface area contributed by atoms with Crippen molar-refractivity contribution in [3.63, 3.8) is 0 Å². The molecular formula is C28H33F5O2. The van der Waals surface area contributed by atoms with Gasteiger partial charge in [0, 0.05) is 0 Å². The lowest BCUT2D eigenvalue weighted by molar-refractivity contribution is -0.274. The summed E-state index contributed by atoms with van der Waals surface area (Å²) in [7, 11) is 0. The van der Waals surface area contributed by atoms with E-state index in [0.29, 0.717) is 5.92 Å². The van der Waals surface area contributed by atoms with Crippen LogP contribution in [0.5, 0.6) is 11.5 Å². The van der Waals surface area contributed by atoms with Gasteiger partial charge in [-0.1, -0.05) is 38.3 Å². The van der Waals surface area contributed by atoms with Crippen LogP contribution >= 0.6 is 0 Å². The zero-order valence-corrected chi connectivity index (χ0v) is 20.0. The Bertz CT molecular complexity index is 923. The highest BCUT2D eigenvalue weighted by Crippen LogP contribution is 2.44. The van der Waals surface area contributed by atoms with Crippen molar-refractivity contribution in [2.45, 2.75) is 83.1 Å². The molecule has 7 heteroatoms. The van der Waals surface area contributed by atoms with E-state index in [1.807, 2.05) is 0 Å². The fourth-order valence-electron chi connectivity index (χ4n) is 5.86.